The molecule has 0 aliphatic heterocycles. The summed E-state index contributed by atoms with van der Waals surface area (Å²) in [5, 5.41) is 0. The number of carbonyl (C=O) groups excluding carboxylic acids is 2. The van der Waals surface area contributed by atoms with Gasteiger partial charge in [0.25, 0.3) is 5.91 Å². The Morgan fingerprint density at radius 1 is 1.24 bits per heavy atom. The Kier molecular flexibility index (Phi) is 5.48. The highest BCUT2D eigenvalue weighted by Gasteiger charge is 2.20. The van der Waals surface area contributed by atoms with Crippen LogP contribution in [0.25, 0.3) is 0 Å². The van der Waals surface area contributed by atoms with Gasteiger partial charge in [-0.3, -0.25) is 20.4 Å². The molecule has 2 amide bonds. The van der Waals surface area contributed by atoms with Crippen LogP contribution in [0.15, 0.2) is 30.3 Å². The van der Waals surface area contributed by atoms with Gasteiger partial charge in [-0.2, -0.15) is 0 Å². The molecule has 1 aliphatic rings. The Bertz CT molecular complexity index is 770. The van der Waals surface area contributed by atoms with Crippen molar-refractivity contribution >= 4 is 23.2 Å². The van der Waals surface area contributed by atoms with Gasteiger partial charge in [0.1, 0.15) is 5.82 Å². The van der Waals surface area contributed by atoms with Crippen LogP contribution in [0, 0.1) is 11.7 Å². The van der Waals surface area contributed by atoms with E-state index in [9.17, 15) is 14.0 Å². The molecule has 1 aromatic heterocycles. The molecule has 0 bridgehead atoms. The van der Waals surface area contributed by atoms with Crippen LogP contribution in [0.2, 0.25) is 0 Å². The number of aryl methyl sites for hydroxylation is 2. The van der Waals surface area contributed by atoms with Crippen LogP contribution in [0.4, 0.5) is 4.39 Å². The summed E-state index contributed by atoms with van der Waals surface area (Å²) in [6.45, 7) is 2.22. The zero-order chi connectivity index (χ0) is 17.8. The van der Waals surface area contributed by atoms with Crippen molar-refractivity contribution in [3.8, 4) is 0 Å². The lowest BCUT2D eigenvalue weighted by Crippen LogP contribution is -2.41. The zero-order valence-electron chi connectivity index (χ0n) is 14.1. The first-order valence-electron chi connectivity index (χ1n) is 8.46. The molecule has 3 rings (SSSR count). The maximum atomic E-state index is 12.8. The molecular weight excluding hydrogens is 339 g/mol. The number of nitrogens with one attached hydrogen (secondary N) is 2. The molecule has 1 aliphatic carbocycles. The average Bonchev–Trinajstić information content (AvgIpc) is 3.02. The molecule has 0 saturated heterocycles. The number of rotatable bonds is 4. The third kappa shape index (κ3) is 4.66. The summed E-state index contributed by atoms with van der Waals surface area (Å²) in [7, 11) is 0. The number of thiophene rings is 1. The van der Waals surface area contributed by atoms with Crippen LogP contribution in [-0.2, 0) is 24.1 Å². The normalized spacial score (nSPS) is 16.2. The summed E-state index contributed by atoms with van der Waals surface area (Å²) in [6, 6.07) is 7.98. The van der Waals surface area contributed by atoms with E-state index in [1.807, 2.05) is 6.07 Å². The summed E-state index contributed by atoms with van der Waals surface area (Å²) in [5.74, 6) is -0.188. The lowest BCUT2D eigenvalue weighted by atomic mass is 9.90. The Morgan fingerprint density at radius 3 is 2.76 bits per heavy atom. The van der Waals surface area contributed by atoms with Crippen molar-refractivity contribution < 1.29 is 14.0 Å². The minimum absolute atomic E-state index is 0.227. The van der Waals surface area contributed by atoms with Crippen molar-refractivity contribution in [3.63, 3.8) is 0 Å². The number of fused-ring (bicyclic) bond motifs is 1. The molecular formula is C19H21FN2O2S. The maximum absolute atomic E-state index is 12.8. The van der Waals surface area contributed by atoms with E-state index in [2.05, 4.69) is 17.8 Å². The minimum Gasteiger partial charge on any atom is -0.273 e. The van der Waals surface area contributed by atoms with Crippen molar-refractivity contribution in [2.75, 3.05) is 0 Å². The average molecular weight is 360 g/mol. The molecule has 6 heteroatoms. The summed E-state index contributed by atoms with van der Waals surface area (Å²) in [5.41, 5.74) is 7.06. The molecule has 1 aromatic carbocycles. The first-order valence-corrected chi connectivity index (χ1v) is 9.28. The van der Waals surface area contributed by atoms with E-state index < -0.39 is 0 Å². The van der Waals surface area contributed by atoms with E-state index in [1.165, 1.54) is 33.9 Å². The highest BCUT2D eigenvalue weighted by Crippen LogP contribution is 2.32. The van der Waals surface area contributed by atoms with Gasteiger partial charge in [-0.25, -0.2) is 4.39 Å². The lowest BCUT2D eigenvalue weighted by Gasteiger charge is -2.16. The first-order chi connectivity index (χ1) is 12.0. The Labute approximate surface area is 150 Å². The van der Waals surface area contributed by atoms with E-state index in [-0.39, 0.29) is 24.1 Å². The van der Waals surface area contributed by atoms with Gasteiger partial charge < -0.3 is 0 Å². The fourth-order valence-corrected chi connectivity index (χ4v) is 4.08. The number of hydrogen-bond acceptors (Lipinski definition) is 3. The minimum atomic E-state index is -0.298. The van der Waals surface area contributed by atoms with Crippen LogP contribution >= 0.6 is 11.3 Å². The van der Waals surface area contributed by atoms with Gasteiger partial charge in [-0.05, 0) is 60.9 Å². The molecule has 1 heterocycles. The maximum Gasteiger partial charge on any atom is 0.279 e. The van der Waals surface area contributed by atoms with Gasteiger partial charge in [0, 0.05) is 11.3 Å². The summed E-state index contributed by atoms with van der Waals surface area (Å²) < 4.78 is 12.8. The number of hydrazine groups is 1. The van der Waals surface area contributed by atoms with E-state index in [1.54, 1.807) is 12.1 Å². The molecule has 25 heavy (non-hydrogen) atoms. The molecule has 0 saturated carbocycles. The standard InChI is InChI=1S/C19H21FN2O2S/c1-12-2-8-16-14(10-12)11-17(25-16)19(24)22-21-18(23)9-5-13-3-6-15(20)7-4-13/h3-4,6-7,11-12H,2,5,8-10H2,1H3,(H,21,23)(H,22,24)/t12-/m1/s1. The van der Waals surface area contributed by atoms with Gasteiger partial charge in [-0.1, -0.05) is 19.1 Å². The smallest absolute Gasteiger partial charge is 0.273 e. The summed E-state index contributed by atoms with van der Waals surface area (Å²) in [4.78, 5) is 26.0. The number of hydrogen-bond donors (Lipinski definition) is 2. The van der Waals surface area contributed by atoms with Crippen LogP contribution in [0.1, 0.15) is 45.4 Å². The third-order valence-electron chi connectivity index (χ3n) is 4.42. The van der Waals surface area contributed by atoms with E-state index >= 15 is 0 Å². The van der Waals surface area contributed by atoms with Gasteiger partial charge in [0.15, 0.2) is 0 Å². The van der Waals surface area contributed by atoms with Crippen molar-refractivity contribution in [3.05, 3.63) is 57.0 Å². The summed E-state index contributed by atoms with van der Waals surface area (Å²) >= 11 is 1.51. The third-order valence-corrected chi connectivity index (χ3v) is 5.66. The number of benzene rings is 1. The predicted molar refractivity (Wildman–Crippen MR) is 95.8 cm³/mol. The molecule has 0 spiro atoms. The van der Waals surface area contributed by atoms with Crippen molar-refractivity contribution in [2.24, 2.45) is 5.92 Å². The SMILES string of the molecule is C[C@@H]1CCc2sc(C(=O)NNC(=O)CCc3ccc(F)cc3)cc2C1. The molecule has 1 atom stereocenters. The predicted octanol–water partition coefficient (Wildman–Crippen LogP) is 3.41. The van der Waals surface area contributed by atoms with Crippen LogP contribution < -0.4 is 10.9 Å². The van der Waals surface area contributed by atoms with E-state index in [0.29, 0.717) is 17.2 Å². The molecule has 132 valence electrons. The molecule has 4 nitrogen and oxygen atoms in total. The van der Waals surface area contributed by atoms with E-state index in [4.69, 9.17) is 0 Å². The Morgan fingerprint density at radius 2 is 2.00 bits per heavy atom. The van der Waals surface area contributed by atoms with Crippen molar-refractivity contribution in [1.82, 2.24) is 10.9 Å². The quantitative estimate of drug-likeness (QED) is 0.821. The van der Waals surface area contributed by atoms with Crippen LogP contribution in [0.3, 0.4) is 0 Å². The van der Waals surface area contributed by atoms with Gasteiger partial charge in [0.2, 0.25) is 5.91 Å². The summed E-state index contributed by atoms with van der Waals surface area (Å²) in [6.07, 6.45) is 3.92. The first kappa shape index (κ1) is 17.6. The topological polar surface area (TPSA) is 58.2 Å². The Balaban J connectivity index is 1.47. The van der Waals surface area contributed by atoms with Crippen LogP contribution in [-0.4, -0.2) is 11.8 Å². The fraction of sp³-hybridized carbons (Fsp3) is 0.368. The van der Waals surface area contributed by atoms with Gasteiger partial charge >= 0.3 is 0 Å². The molecule has 2 N–H and O–H groups in total. The number of halogens is 1. The molecule has 2 aromatic rings. The zero-order valence-corrected chi connectivity index (χ0v) is 14.9. The second kappa shape index (κ2) is 7.78. The largest absolute Gasteiger partial charge is 0.279 e. The van der Waals surface area contributed by atoms with Crippen molar-refractivity contribution in [1.29, 1.82) is 0 Å². The van der Waals surface area contributed by atoms with Gasteiger partial charge in [-0.15, -0.1) is 11.3 Å². The molecule has 0 radical (unpaired) electrons. The number of carbonyl (C=O) groups is 2. The lowest BCUT2D eigenvalue weighted by molar-refractivity contribution is -0.121. The monoisotopic (exact) mass is 360 g/mol. The van der Waals surface area contributed by atoms with Gasteiger partial charge in [0.05, 0.1) is 4.88 Å². The van der Waals surface area contributed by atoms with Crippen LogP contribution in [0.5, 0.6) is 0 Å². The highest BCUT2D eigenvalue weighted by atomic mass is 32.1. The Hall–Kier alpha value is -2.21. The molecule has 0 fully saturated rings. The van der Waals surface area contributed by atoms with Crippen molar-refractivity contribution in [2.45, 2.75) is 39.0 Å². The van der Waals surface area contributed by atoms with E-state index in [0.717, 1.165) is 24.8 Å². The molecule has 0 unspecified atom stereocenters. The highest BCUT2D eigenvalue weighted by molar-refractivity contribution is 7.14. The number of amides is 2. The second-order valence-corrected chi connectivity index (χ2v) is 7.67. The fourth-order valence-electron chi connectivity index (χ4n) is 2.98. The second-order valence-electron chi connectivity index (χ2n) is 6.54.